The molecule has 0 amide bonds. The third kappa shape index (κ3) is 5.25. The number of hydrogen-bond acceptors (Lipinski definition) is 3. The molecule has 18 heavy (non-hydrogen) atoms. The van der Waals surface area contributed by atoms with Crippen molar-refractivity contribution in [3.63, 3.8) is 0 Å². The molecular formula is C15H35N3. The third-order valence-electron chi connectivity index (χ3n) is 3.84. The summed E-state index contributed by atoms with van der Waals surface area (Å²) in [5.74, 6) is 0. The van der Waals surface area contributed by atoms with Crippen LogP contribution in [0.4, 0.5) is 0 Å². The van der Waals surface area contributed by atoms with Gasteiger partial charge >= 0.3 is 0 Å². The van der Waals surface area contributed by atoms with E-state index in [0.29, 0.717) is 0 Å². The van der Waals surface area contributed by atoms with Crippen LogP contribution in [0.25, 0.3) is 0 Å². The molecule has 2 aliphatic rings. The fourth-order valence-corrected chi connectivity index (χ4v) is 2.59. The third-order valence-corrected chi connectivity index (χ3v) is 3.84. The maximum Gasteiger partial charge on any atom is 0.0350 e. The lowest BCUT2D eigenvalue weighted by molar-refractivity contribution is 0.0221. The predicted molar refractivity (Wildman–Crippen MR) is 82.3 cm³/mol. The van der Waals surface area contributed by atoms with E-state index in [1.807, 2.05) is 27.7 Å². The van der Waals surface area contributed by atoms with Gasteiger partial charge in [0.1, 0.15) is 0 Å². The number of nitrogens with one attached hydrogen (secondary N) is 1. The number of nitrogens with zero attached hydrogens (tertiary/aromatic N) is 2. The standard InChI is InChI=1S/C11H23N3.2C2H6/c1-3-13-8-11(9-13)14-6-4-10(12-2)5-7-14;2*1-2/h10-12H,3-9H2,1-2H3;2*1-2H3. The van der Waals surface area contributed by atoms with Crippen molar-refractivity contribution in [2.24, 2.45) is 0 Å². The number of likely N-dealkylation sites (tertiary alicyclic amines) is 2. The summed E-state index contributed by atoms with van der Waals surface area (Å²) >= 11 is 0. The lowest BCUT2D eigenvalue weighted by atomic mass is 10.00. The van der Waals surface area contributed by atoms with Gasteiger partial charge < -0.3 is 10.2 Å². The van der Waals surface area contributed by atoms with Crippen molar-refractivity contribution in [3.8, 4) is 0 Å². The molecule has 0 bridgehead atoms. The number of piperidine rings is 1. The maximum atomic E-state index is 3.38. The van der Waals surface area contributed by atoms with E-state index in [0.717, 1.165) is 12.1 Å². The minimum absolute atomic E-state index is 0.772. The highest BCUT2D eigenvalue weighted by Gasteiger charge is 2.32. The summed E-state index contributed by atoms with van der Waals surface area (Å²) in [5, 5.41) is 3.38. The Kier molecular flexibility index (Phi) is 10.7. The van der Waals surface area contributed by atoms with E-state index < -0.39 is 0 Å². The molecule has 0 spiro atoms. The van der Waals surface area contributed by atoms with Crippen LogP contribution in [0, 0.1) is 0 Å². The van der Waals surface area contributed by atoms with Crippen molar-refractivity contribution in [1.29, 1.82) is 0 Å². The van der Waals surface area contributed by atoms with E-state index in [1.165, 1.54) is 45.6 Å². The summed E-state index contributed by atoms with van der Waals surface area (Å²) in [6.45, 7) is 16.7. The number of rotatable bonds is 3. The topological polar surface area (TPSA) is 18.5 Å². The summed E-state index contributed by atoms with van der Waals surface area (Å²) in [6, 6.07) is 1.64. The van der Waals surface area contributed by atoms with Crippen LogP contribution in [0.15, 0.2) is 0 Å². The quantitative estimate of drug-likeness (QED) is 0.838. The van der Waals surface area contributed by atoms with E-state index in [2.05, 4.69) is 29.1 Å². The largest absolute Gasteiger partial charge is 0.317 e. The average Bonchev–Trinajstić information content (AvgIpc) is 2.43. The zero-order chi connectivity index (χ0) is 14.0. The fraction of sp³-hybridized carbons (Fsp3) is 1.00. The molecule has 0 radical (unpaired) electrons. The fourth-order valence-electron chi connectivity index (χ4n) is 2.59. The van der Waals surface area contributed by atoms with Gasteiger partial charge in [0.2, 0.25) is 0 Å². The van der Waals surface area contributed by atoms with Crippen molar-refractivity contribution in [2.75, 3.05) is 39.8 Å². The Balaban J connectivity index is 0.000000659. The van der Waals surface area contributed by atoms with Crippen molar-refractivity contribution < 1.29 is 0 Å². The van der Waals surface area contributed by atoms with Gasteiger partial charge in [-0.25, -0.2) is 0 Å². The molecule has 0 aromatic carbocycles. The SMILES string of the molecule is CC.CC.CCN1CC(N2CCC(NC)CC2)C1. The van der Waals surface area contributed by atoms with Gasteiger partial charge in [-0.2, -0.15) is 0 Å². The second-order valence-electron chi connectivity index (χ2n) is 4.60. The van der Waals surface area contributed by atoms with Gasteiger partial charge in [0.15, 0.2) is 0 Å². The highest BCUT2D eigenvalue weighted by Crippen LogP contribution is 2.19. The summed E-state index contributed by atoms with van der Waals surface area (Å²) < 4.78 is 0. The smallest absolute Gasteiger partial charge is 0.0350 e. The first-order chi connectivity index (χ1) is 8.83. The lowest BCUT2D eigenvalue weighted by Gasteiger charge is -2.47. The van der Waals surface area contributed by atoms with Gasteiger partial charge in [0, 0.05) is 38.3 Å². The Morgan fingerprint density at radius 2 is 1.50 bits per heavy atom. The summed E-state index contributed by atoms with van der Waals surface area (Å²) in [7, 11) is 2.09. The highest BCUT2D eigenvalue weighted by atomic mass is 15.3. The molecule has 2 saturated heterocycles. The van der Waals surface area contributed by atoms with Crippen LogP contribution in [0.1, 0.15) is 47.5 Å². The molecule has 0 saturated carbocycles. The second kappa shape index (κ2) is 10.8. The molecule has 0 aromatic heterocycles. The van der Waals surface area contributed by atoms with Crippen LogP contribution < -0.4 is 5.32 Å². The van der Waals surface area contributed by atoms with E-state index >= 15 is 0 Å². The van der Waals surface area contributed by atoms with Gasteiger partial charge in [-0.05, 0) is 26.4 Å². The van der Waals surface area contributed by atoms with Crippen LogP contribution in [-0.4, -0.2) is 61.7 Å². The van der Waals surface area contributed by atoms with E-state index in [9.17, 15) is 0 Å². The molecule has 0 atom stereocenters. The van der Waals surface area contributed by atoms with Crippen LogP contribution >= 0.6 is 0 Å². The van der Waals surface area contributed by atoms with Gasteiger partial charge in [-0.3, -0.25) is 4.90 Å². The van der Waals surface area contributed by atoms with Crippen LogP contribution in [0.5, 0.6) is 0 Å². The average molecular weight is 257 g/mol. The van der Waals surface area contributed by atoms with Crippen LogP contribution in [-0.2, 0) is 0 Å². The van der Waals surface area contributed by atoms with Crippen molar-refractivity contribution >= 4 is 0 Å². The molecule has 110 valence electrons. The molecule has 0 aliphatic carbocycles. The summed E-state index contributed by atoms with van der Waals surface area (Å²) in [5.41, 5.74) is 0. The molecule has 2 fully saturated rings. The van der Waals surface area contributed by atoms with E-state index in [1.54, 1.807) is 0 Å². The van der Waals surface area contributed by atoms with Gasteiger partial charge in [0.05, 0.1) is 0 Å². The van der Waals surface area contributed by atoms with Gasteiger partial charge in [-0.15, -0.1) is 0 Å². The molecule has 2 rings (SSSR count). The van der Waals surface area contributed by atoms with Crippen molar-refractivity contribution in [2.45, 2.75) is 59.5 Å². The van der Waals surface area contributed by atoms with E-state index in [4.69, 9.17) is 0 Å². The normalized spacial score (nSPS) is 22.3. The highest BCUT2D eigenvalue weighted by molar-refractivity contribution is 4.90. The van der Waals surface area contributed by atoms with Crippen LogP contribution in [0.2, 0.25) is 0 Å². The zero-order valence-corrected chi connectivity index (χ0v) is 13.5. The lowest BCUT2D eigenvalue weighted by Crippen LogP contribution is -2.61. The minimum atomic E-state index is 0.772. The molecule has 2 heterocycles. The summed E-state index contributed by atoms with van der Waals surface area (Å²) in [4.78, 5) is 5.20. The predicted octanol–water partition coefficient (Wildman–Crippen LogP) is 2.43. The number of hydrogen-bond donors (Lipinski definition) is 1. The molecule has 3 heteroatoms. The van der Waals surface area contributed by atoms with Crippen molar-refractivity contribution in [3.05, 3.63) is 0 Å². The monoisotopic (exact) mass is 257 g/mol. The Morgan fingerprint density at radius 1 is 1.00 bits per heavy atom. The maximum absolute atomic E-state index is 3.38. The Labute approximate surface area is 115 Å². The Bertz CT molecular complexity index is 171. The van der Waals surface area contributed by atoms with Crippen LogP contribution in [0.3, 0.4) is 0 Å². The Hall–Kier alpha value is -0.120. The molecule has 0 aromatic rings. The summed E-state index contributed by atoms with van der Waals surface area (Å²) in [6.07, 6.45) is 2.66. The molecular weight excluding hydrogens is 222 g/mol. The first kappa shape index (κ1) is 17.9. The second-order valence-corrected chi connectivity index (χ2v) is 4.60. The first-order valence-electron chi connectivity index (χ1n) is 7.97. The molecule has 3 nitrogen and oxygen atoms in total. The zero-order valence-electron chi connectivity index (χ0n) is 13.5. The number of likely N-dealkylation sites (N-methyl/N-ethyl adjacent to an activating group) is 1. The molecule has 1 N–H and O–H groups in total. The van der Waals surface area contributed by atoms with Gasteiger partial charge in [0.25, 0.3) is 0 Å². The van der Waals surface area contributed by atoms with E-state index in [-0.39, 0.29) is 0 Å². The van der Waals surface area contributed by atoms with Crippen molar-refractivity contribution in [1.82, 2.24) is 15.1 Å². The molecule has 0 unspecified atom stereocenters. The Morgan fingerprint density at radius 3 is 1.89 bits per heavy atom. The molecule has 2 aliphatic heterocycles. The van der Waals surface area contributed by atoms with Gasteiger partial charge in [-0.1, -0.05) is 34.6 Å². The first-order valence-corrected chi connectivity index (χ1v) is 7.97. The minimum Gasteiger partial charge on any atom is -0.317 e.